The molecule has 0 spiro atoms. The van der Waals surface area contributed by atoms with Crippen molar-refractivity contribution in [1.29, 1.82) is 0 Å². The minimum absolute atomic E-state index is 0.0690. The predicted octanol–water partition coefficient (Wildman–Crippen LogP) is 2.12. The smallest absolute Gasteiger partial charge is 0.305 e. The molecule has 1 saturated heterocycles. The van der Waals surface area contributed by atoms with E-state index >= 15 is 0 Å². The predicted molar refractivity (Wildman–Crippen MR) is 71.5 cm³/mol. The van der Waals surface area contributed by atoms with E-state index in [4.69, 9.17) is 9.47 Å². The summed E-state index contributed by atoms with van der Waals surface area (Å²) in [7, 11) is 1.68. The molecule has 0 amide bonds. The minimum atomic E-state index is -0.213. The van der Waals surface area contributed by atoms with E-state index < -0.39 is 0 Å². The van der Waals surface area contributed by atoms with Gasteiger partial charge in [-0.1, -0.05) is 0 Å². The van der Waals surface area contributed by atoms with Gasteiger partial charge >= 0.3 is 5.97 Å². The minimum Gasteiger partial charge on any atom is -0.466 e. The molecular formula is C14H27NO3. The van der Waals surface area contributed by atoms with Gasteiger partial charge in [0.05, 0.1) is 12.2 Å². The number of piperidine rings is 1. The standard InChI is InChI=1S/C14H27NO3/c1-14(2,17-3)8-11-18-13(16)5-4-12-6-9-15-10-7-12/h12,15H,4-11H2,1-3H3. The molecule has 0 aromatic carbocycles. The van der Waals surface area contributed by atoms with Crippen molar-refractivity contribution in [3.05, 3.63) is 0 Å². The Bertz CT molecular complexity index is 247. The van der Waals surface area contributed by atoms with Crippen LogP contribution >= 0.6 is 0 Å². The Morgan fingerprint density at radius 3 is 2.61 bits per heavy atom. The van der Waals surface area contributed by atoms with Gasteiger partial charge in [0.25, 0.3) is 0 Å². The highest BCUT2D eigenvalue weighted by atomic mass is 16.5. The van der Waals surface area contributed by atoms with Crippen LogP contribution in [0.4, 0.5) is 0 Å². The number of ether oxygens (including phenoxy) is 2. The van der Waals surface area contributed by atoms with E-state index in [2.05, 4.69) is 5.32 Å². The lowest BCUT2D eigenvalue weighted by molar-refractivity contribution is -0.145. The molecule has 0 saturated carbocycles. The Balaban J connectivity index is 2.06. The zero-order valence-corrected chi connectivity index (χ0v) is 12.0. The first kappa shape index (κ1) is 15.4. The maximum Gasteiger partial charge on any atom is 0.305 e. The quantitative estimate of drug-likeness (QED) is 0.710. The van der Waals surface area contributed by atoms with Crippen LogP contribution < -0.4 is 5.32 Å². The molecule has 4 nitrogen and oxygen atoms in total. The number of esters is 1. The van der Waals surface area contributed by atoms with Gasteiger partial charge in [0.15, 0.2) is 0 Å². The third kappa shape index (κ3) is 6.36. The molecular weight excluding hydrogens is 230 g/mol. The van der Waals surface area contributed by atoms with Crippen LogP contribution in [0.1, 0.15) is 46.0 Å². The molecule has 0 aliphatic carbocycles. The molecule has 18 heavy (non-hydrogen) atoms. The third-order valence-corrected chi connectivity index (χ3v) is 3.74. The van der Waals surface area contributed by atoms with Crippen LogP contribution in [0, 0.1) is 5.92 Å². The second kappa shape index (κ2) is 7.74. The van der Waals surface area contributed by atoms with Crippen molar-refractivity contribution in [2.45, 2.75) is 51.6 Å². The van der Waals surface area contributed by atoms with Crippen LogP contribution in [0.5, 0.6) is 0 Å². The Labute approximate surface area is 110 Å². The van der Waals surface area contributed by atoms with E-state index in [0.29, 0.717) is 18.9 Å². The van der Waals surface area contributed by atoms with Crippen LogP contribution in [0.15, 0.2) is 0 Å². The largest absolute Gasteiger partial charge is 0.466 e. The fourth-order valence-electron chi connectivity index (χ4n) is 2.08. The van der Waals surface area contributed by atoms with Gasteiger partial charge in [0.2, 0.25) is 0 Å². The van der Waals surface area contributed by atoms with E-state index in [-0.39, 0.29) is 11.6 Å². The lowest BCUT2D eigenvalue weighted by Gasteiger charge is -2.23. The van der Waals surface area contributed by atoms with Crippen LogP contribution in [-0.4, -0.2) is 38.4 Å². The van der Waals surface area contributed by atoms with Crippen molar-refractivity contribution in [2.75, 3.05) is 26.8 Å². The zero-order valence-electron chi connectivity index (χ0n) is 12.0. The summed E-state index contributed by atoms with van der Waals surface area (Å²) in [4.78, 5) is 11.6. The molecule has 1 aliphatic heterocycles. The average Bonchev–Trinajstić information content (AvgIpc) is 2.37. The molecule has 0 bridgehead atoms. The molecule has 1 aliphatic rings. The van der Waals surface area contributed by atoms with Crippen LogP contribution in [0.2, 0.25) is 0 Å². The van der Waals surface area contributed by atoms with Crippen molar-refractivity contribution in [2.24, 2.45) is 5.92 Å². The zero-order chi connectivity index (χ0) is 13.4. The van der Waals surface area contributed by atoms with Crippen molar-refractivity contribution in [1.82, 2.24) is 5.32 Å². The number of carbonyl (C=O) groups is 1. The Hall–Kier alpha value is -0.610. The summed E-state index contributed by atoms with van der Waals surface area (Å²) in [6.07, 6.45) is 4.63. The summed E-state index contributed by atoms with van der Waals surface area (Å²) in [5, 5.41) is 3.33. The van der Waals surface area contributed by atoms with E-state index in [0.717, 1.165) is 25.9 Å². The maximum atomic E-state index is 11.6. The summed E-state index contributed by atoms with van der Waals surface area (Å²) >= 11 is 0. The Morgan fingerprint density at radius 1 is 1.33 bits per heavy atom. The van der Waals surface area contributed by atoms with E-state index in [1.807, 2.05) is 13.8 Å². The van der Waals surface area contributed by atoms with Crippen LogP contribution in [-0.2, 0) is 14.3 Å². The first-order valence-corrected chi connectivity index (χ1v) is 6.95. The van der Waals surface area contributed by atoms with E-state index in [9.17, 15) is 4.79 Å². The summed E-state index contributed by atoms with van der Waals surface area (Å²) < 4.78 is 10.5. The van der Waals surface area contributed by atoms with Crippen molar-refractivity contribution < 1.29 is 14.3 Å². The number of methoxy groups -OCH3 is 1. The molecule has 1 fully saturated rings. The molecule has 0 unspecified atom stereocenters. The highest BCUT2D eigenvalue weighted by Gasteiger charge is 2.18. The van der Waals surface area contributed by atoms with Gasteiger partial charge in [0, 0.05) is 20.0 Å². The second-order valence-corrected chi connectivity index (χ2v) is 5.67. The number of hydrogen-bond donors (Lipinski definition) is 1. The number of hydrogen-bond acceptors (Lipinski definition) is 4. The van der Waals surface area contributed by atoms with Gasteiger partial charge in [-0.25, -0.2) is 0 Å². The monoisotopic (exact) mass is 257 g/mol. The van der Waals surface area contributed by atoms with Gasteiger partial charge in [0.1, 0.15) is 0 Å². The lowest BCUT2D eigenvalue weighted by atomic mass is 9.93. The number of nitrogens with one attached hydrogen (secondary N) is 1. The fourth-order valence-corrected chi connectivity index (χ4v) is 2.08. The average molecular weight is 257 g/mol. The fraction of sp³-hybridized carbons (Fsp3) is 0.929. The number of rotatable bonds is 7. The molecule has 0 aromatic heterocycles. The van der Waals surface area contributed by atoms with Gasteiger partial charge in [-0.05, 0) is 52.1 Å². The molecule has 0 atom stereocenters. The molecule has 4 heteroatoms. The maximum absolute atomic E-state index is 11.6. The molecule has 0 radical (unpaired) electrons. The Kier molecular flexibility index (Phi) is 6.65. The van der Waals surface area contributed by atoms with Crippen LogP contribution in [0.3, 0.4) is 0 Å². The van der Waals surface area contributed by atoms with Crippen LogP contribution in [0.25, 0.3) is 0 Å². The van der Waals surface area contributed by atoms with Gasteiger partial charge < -0.3 is 14.8 Å². The number of carbonyl (C=O) groups excluding carboxylic acids is 1. The van der Waals surface area contributed by atoms with Crippen molar-refractivity contribution >= 4 is 5.97 Å². The summed E-state index contributed by atoms with van der Waals surface area (Å²) in [6, 6.07) is 0. The van der Waals surface area contributed by atoms with E-state index in [1.54, 1.807) is 7.11 Å². The SMILES string of the molecule is COC(C)(C)CCOC(=O)CCC1CCNCC1. The van der Waals surface area contributed by atoms with Gasteiger partial charge in [-0.15, -0.1) is 0 Å². The second-order valence-electron chi connectivity index (χ2n) is 5.67. The topological polar surface area (TPSA) is 47.6 Å². The summed E-state index contributed by atoms with van der Waals surface area (Å²) in [6.45, 7) is 6.61. The van der Waals surface area contributed by atoms with Gasteiger partial charge in [-0.2, -0.15) is 0 Å². The molecule has 106 valence electrons. The first-order chi connectivity index (χ1) is 8.53. The Morgan fingerprint density at radius 2 is 2.00 bits per heavy atom. The molecule has 1 heterocycles. The lowest BCUT2D eigenvalue weighted by Crippen LogP contribution is -2.28. The highest BCUT2D eigenvalue weighted by Crippen LogP contribution is 2.18. The van der Waals surface area contributed by atoms with Gasteiger partial charge in [-0.3, -0.25) is 4.79 Å². The molecule has 1 N–H and O–H groups in total. The highest BCUT2D eigenvalue weighted by molar-refractivity contribution is 5.69. The van der Waals surface area contributed by atoms with Crippen molar-refractivity contribution in [3.63, 3.8) is 0 Å². The summed E-state index contributed by atoms with van der Waals surface area (Å²) in [5.41, 5.74) is -0.213. The molecule has 1 rings (SSSR count). The van der Waals surface area contributed by atoms with Crippen molar-refractivity contribution in [3.8, 4) is 0 Å². The normalized spacial score (nSPS) is 17.7. The van der Waals surface area contributed by atoms with E-state index in [1.165, 1.54) is 12.8 Å². The molecule has 0 aromatic rings. The third-order valence-electron chi connectivity index (χ3n) is 3.74. The first-order valence-electron chi connectivity index (χ1n) is 6.95. The summed E-state index contributed by atoms with van der Waals surface area (Å²) in [5.74, 6) is 0.620.